The van der Waals surface area contributed by atoms with E-state index in [9.17, 15) is 48.3 Å². The minimum atomic E-state index is -1.57. The highest BCUT2D eigenvalue weighted by molar-refractivity contribution is 6.04. The monoisotopic (exact) mass is 1150 g/mol. The molecule has 0 saturated carbocycles. The summed E-state index contributed by atoms with van der Waals surface area (Å²) in [7, 11) is 0. The number of aromatic nitrogens is 1. The second kappa shape index (κ2) is 31.9. The van der Waals surface area contributed by atoms with Crippen molar-refractivity contribution < 1.29 is 62.5 Å². The van der Waals surface area contributed by atoms with Crippen LogP contribution < -0.4 is 31.3 Å². The average molecular weight is 1150 g/mol. The van der Waals surface area contributed by atoms with Crippen LogP contribution in [0.2, 0.25) is 0 Å². The van der Waals surface area contributed by atoms with Gasteiger partial charge in [0.05, 0.1) is 43.4 Å². The van der Waals surface area contributed by atoms with Crippen LogP contribution in [0.1, 0.15) is 137 Å². The maximum Gasteiger partial charge on any atom is 0.340 e. The van der Waals surface area contributed by atoms with Gasteiger partial charge in [0.15, 0.2) is 11.9 Å². The summed E-state index contributed by atoms with van der Waals surface area (Å²) >= 11 is 0. The van der Waals surface area contributed by atoms with Crippen LogP contribution in [0.5, 0.6) is 5.75 Å². The van der Waals surface area contributed by atoms with E-state index < -0.39 is 60.8 Å². The van der Waals surface area contributed by atoms with Crippen molar-refractivity contribution in [3.05, 3.63) is 88.1 Å². The van der Waals surface area contributed by atoms with Gasteiger partial charge in [0, 0.05) is 48.3 Å². The van der Waals surface area contributed by atoms with Gasteiger partial charge in [0.25, 0.3) is 0 Å². The second-order valence-electron chi connectivity index (χ2n) is 21.7. The Morgan fingerprint density at radius 3 is 2.19 bits per heavy atom. The van der Waals surface area contributed by atoms with Crippen molar-refractivity contribution in [1.82, 2.24) is 36.5 Å². The molecular formula is C63H87N7O13. The molecule has 0 radical (unpaired) electrons. The van der Waals surface area contributed by atoms with Gasteiger partial charge < -0.3 is 45.9 Å². The zero-order valence-electron chi connectivity index (χ0n) is 50.1. The fourth-order valence-electron chi connectivity index (χ4n) is 11.3. The molecule has 0 spiro atoms. The van der Waals surface area contributed by atoms with Gasteiger partial charge in [-0.3, -0.25) is 43.3 Å². The van der Waals surface area contributed by atoms with Gasteiger partial charge in [-0.15, -0.1) is 0 Å². The minimum Gasteiger partial charge on any atom is -0.491 e. The SMILES string of the molecule is CC.CCc1c2c(nc3ccc(OCCOCNC(=O)CNC(=O)C(Cc4ccccc4)NC(=O)CNC(=O)CNC(=O)CCCCCN4C(=O)CC(C(CC)(CC)C(C)C)C4=O)cc13)/C(C)=C/C1=C(COC(=O)C1O)C(=O)C(C)C(C)C2. The van der Waals surface area contributed by atoms with Crippen LogP contribution in [0.25, 0.3) is 16.5 Å². The van der Waals surface area contributed by atoms with E-state index >= 15 is 0 Å². The highest BCUT2D eigenvalue weighted by Gasteiger charge is 2.50. The first-order valence-corrected chi connectivity index (χ1v) is 29.4. The van der Waals surface area contributed by atoms with E-state index in [4.69, 9.17) is 19.2 Å². The maximum absolute atomic E-state index is 13.7. The van der Waals surface area contributed by atoms with Crippen molar-refractivity contribution in [2.45, 2.75) is 146 Å². The number of fused-ring (bicyclic) bond motifs is 2. The van der Waals surface area contributed by atoms with Gasteiger partial charge in [-0.25, -0.2) is 9.78 Å². The Labute approximate surface area is 488 Å². The number of esters is 1. The number of Topliss-reactive ketones (excluding diaryl/α,β-unsaturated/α-hetero) is 1. The molecule has 5 unspecified atom stereocenters. The Morgan fingerprint density at radius 1 is 0.831 bits per heavy atom. The molecular weight excluding hydrogens is 1060 g/mol. The number of hydrogen-bond acceptors (Lipinski definition) is 14. The number of benzene rings is 2. The second-order valence-corrected chi connectivity index (χ2v) is 21.7. The highest BCUT2D eigenvalue weighted by Crippen LogP contribution is 2.47. The molecule has 1 fully saturated rings. The lowest BCUT2D eigenvalue weighted by atomic mass is 9.63. The molecule has 1 aromatic heterocycles. The Balaban J connectivity index is 0.00000624. The van der Waals surface area contributed by atoms with Crippen LogP contribution in [0.4, 0.5) is 0 Å². The predicted molar refractivity (Wildman–Crippen MR) is 314 cm³/mol. The van der Waals surface area contributed by atoms with E-state index in [2.05, 4.69) is 61.2 Å². The molecule has 452 valence electrons. The third-order valence-electron chi connectivity index (χ3n) is 16.4. The number of rotatable bonds is 27. The highest BCUT2D eigenvalue weighted by atomic mass is 16.5. The summed E-state index contributed by atoms with van der Waals surface area (Å²) in [6, 6.07) is 13.4. The van der Waals surface area contributed by atoms with Gasteiger partial charge in [-0.1, -0.05) is 105 Å². The van der Waals surface area contributed by atoms with Gasteiger partial charge >= 0.3 is 5.97 Å². The number of carbonyl (C=O) groups excluding carboxylic acids is 9. The standard InChI is InChI=1S/C61H81N7O13.C2H6/c1-9-42-43-29-41(21-22-48(43)67-55-38(7)27-45-46(34-81-60(78)57(45)75)56(74)39(8)37(6)26-44(42)55)80-25-24-79-35-65-52(71)32-64-58(76)49(28-40-18-14-12-15-19-40)66-53(72)33-63-51(70)31-62-50(69)20-16-13-17-23-68-54(73)30-47(59(68)77)61(10-2,11-3)36(4)5;1-2/h12,14-15,18-19,21-22,27,29,36-37,39,47,49,57,75H,9-11,13,16-17,20,23-26,28,30-35H2,1-8H3,(H,62,69)(H,63,70)(H,64,76)(H,65,71)(H,66,72);1-2H3/b38-27+;. The molecule has 5 atom stereocenters. The molecule has 20 nitrogen and oxygen atoms in total. The van der Waals surface area contributed by atoms with Crippen LogP contribution in [-0.2, 0) is 71.9 Å². The number of nitrogens with one attached hydrogen (secondary N) is 5. The van der Waals surface area contributed by atoms with Crippen molar-refractivity contribution in [3.8, 4) is 5.75 Å². The first-order valence-electron chi connectivity index (χ1n) is 29.4. The van der Waals surface area contributed by atoms with Crippen molar-refractivity contribution in [2.24, 2.45) is 29.1 Å². The van der Waals surface area contributed by atoms with E-state index in [0.717, 1.165) is 46.1 Å². The molecule has 83 heavy (non-hydrogen) atoms. The maximum atomic E-state index is 13.7. The molecule has 3 heterocycles. The van der Waals surface area contributed by atoms with Crippen LogP contribution in [-0.4, -0.2) is 133 Å². The molecule has 0 bridgehead atoms. The summed E-state index contributed by atoms with van der Waals surface area (Å²) in [6.45, 7) is 19.1. The predicted octanol–water partition coefficient (Wildman–Crippen LogP) is 5.78. The van der Waals surface area contributed by atoms with Crippen LogP contribution >= 0.6 is 0 Å². The molecule has 20 heteroatoms. The number of amides is 7. The fourth-order valence-corrected chi connectivity index (χ4v) is 11.3. The zero-order chi connectivity index (χ0) is 61.0. The number of aliphatic hydroxyl groups is 1. The molecule has 1 aliphatic carbocycles. The quantitative estimate of drug-likeness (QED) is 0.0229. The number of ether oxygens (including phenoxy) is 3. The van der Waals surface area contributed by atoms with Crippen molar-refractivity contribution in [1.29, 1.82) is 0 Å². The number of hydrogen-bond donors (Lipinski definition) is 6. The van der Waals surface area contributed by atoms with Crippen molar-refractivity contribution >= 4 is 69.6 Å². The minimum absolute atomic E-state index is 0.0911. The summed E-state index contributed by atoms with van der Waals surface area (Å²) in [5, 5.41) is 24.4. The summed E-state index contributed by atoms with van der Waals surface area (Å²) < 4.78 is 16.8. The average Bonchev–Trinajstić information content (AvgIpc) is 3.06. The number of allylic oxidation sites excluding steroid dienone is 1. The number of cyclic esters (lactones) is 1. The fraction of sp³-hybridized carbons (Fsp3) is 0.556. The first kappa shape index (κ1) is 66.5. The summed E-state index contributed by atoms with van der Waals surface area (Å²) in [6.07, 6.45) is 5.09. The van der Waals surface area contributed by atoms with Gasteiger partial charge in [-0.05, 0) is 103 Å². The number of ketones is 1. The summed E-state index contributed by atoms with van der Waals surface area (Å²) in [4.78, 5) is 123. The summed E-state index contributed by atoms with van der Waals surface area (Å²) in [5.41, 5.74) is 5.25. The van der Waals surface area contributed by atoms with Crippen LogP contribution in [0.3, 0.4) is 0 Å². The van der Waals surface area contributed by atoms with Gasteiger partial charge in [0.1, 0.15) is 31.7 Å². The molecule has 2 aliphatic heterocycles. The molecule has 2 aromatic carbocycles. The van der Waals surface area contributed by atoms with Gasteiger partial charge in [-0.2, -0.15) is 0 Å². The number of aryl methyl sites for hydroxylation is 1. The Kier molecular flexibility index (Phi) is 25.6. The van der Waals surface area contributed by atoms with E-state index in [1.165, 1.54) is 4.90 Å². The van der Waals surface area contributed by atoms with Crippen LogP contribution in [0.15, 0.2) is 65.8 Å². The molecule has 3 aromatic rings. The first-order chi connectivity index (χ1) is 39.7. The van der Waals surface area contributed by atoms with Gasteiger partial charge in [0.2, 0.25) is 41.4 Å². The largest absolute Gasteiger partial charge is 0.491 e. The third kappa shape index (κ3) is 17.4. The number of likely N-dealkylation sites (tertiary alicyclic amines) is 1. The topological polar surface area (TPSA) is 278 Å². The number of aliphatic hydroxyl groups excluding tert-OH is 1. The smallest absolute Gasteiger partial charge is 0.340 e. The lowest BCUT2D eigenvalue weighted by molar-refractivity contribution is -0.152. The van der Waals surface area contributed by atoms with E-state index in [1.807, 2.05) is 52.8 Å². The Hall–Kier alpha value is -7.32. The Bertz CT molecular complexity index is 2880. The van der Waals surface area contributed by atoms with E-state index in [1.54, 1.807) is 36.4 Å². The molecule has 7 amide bonds. The van der Waals surface area contributed by atoms with E-state index in [-0.39, 0.29) is 105 Å². The zero-order valence-corrected chi connectivity index (χ0v) is 50.1. The number of nitrogens with zero attached hydrogens (tertiary/aromatic N) is 2. The van der Waals surface area contributed by atoms with Crippen LogP contribution in [0, 0.1) is 29.1 Å². The molecule has 6 N–H and O–H groups in total. The third-order valence-corrected chi connectivity index (χ3v) is 16.4. The number of unbranched alkanes of at least 4 members (excludes halogenated alkanes) is 2. The molecule has 1 saturated heterocycles. The van der Waals surface area contributed by atoms with Crippen molar-refractivity contribution in [2.75, 3.05) is 52.7 Å². The number of imide groups is 1. The normalized spacial score (nSPS) is 19.1. The number of pyridine rings is 1. The lowest BCUT2D eigenvalue weighted by Gasteiger charge is -2.40. The summed E-state index contributed by atoms with van der Waals surface area (Å²) in [5.74, 6) is -4.05. The molecule has 3 aliphatic rings. The lowest BCUT2D eigenvalue weighted by Crippen LogP contribution is -2.52. The van der Waals surface area contributed by atoms with E-state index in [0.29, 0.717) is 55.5 Å². The van der Waals surface area contributed by atoms with Crippen molar-refractivity contribution in [3.63, 3.8) is 0 Å². The number of carbonyl (C=O) groups is 9. The molecule has 6 rings (SSSR count). The Morgan fingerprint density at radius 2 is 1.51 bits per heavy atom.